The van der Waals surface area contributed by atoms with Crippen molar-refractivity contribution in [3.8, 4) is 0 Å². The van der Waals surface area contributed by atoms with E-state index in [0.717, 1.165) is 21.5 Å². The molecule has 0 spiro atoms. The summed E-state index contributed by atoms with van der Waals surface area (Å²) in [5.74, 6) is -1.31. The number of hydrogen-bond acceptors (Lipinski definition) is 6. The highest BCUT2D eigenvalue weighted by Gasteiger charge is 2.43. The highest BCUT2D eigenvalue weighted by molar-refractivity contribution is 7.89. The van der Waals surface area contributed by atoms with E-state index in [9.17, 15) is 21.6 Å². The van der Waals surface area contributed by atoms with Gasteiger partial charge in [0, 0.05) is 26.2 Å². The summed E-state index contributed by atoms with van der Waals surface area (Å²) in [6.07, 6.45) is 4.10. The molecule has 0 amide bonds. The van der Waals surface area contributed by atoms with Crippen LogP contribution < -0.4 is 5.14 Å². The molecule has 11 heteroatoms. The summed E-state index contributed by atoms with van der Waals surface area (Å²) in [7, 11) is -4.89. The average molecular weight is 415 g/mol. The SMILES string of the molecule is CN(C)S(=O)(=O)c1ccc(C2C=CN(S(N)(=O)=O)C2C(=O)OC2CC2)cc1. The van der Waals surface area contributed by atoms with Crippen LogP contribution in [0, 0.1) is 0 Å². The highest BCUT2D eigenvalue weighted by Crippen LogP contribution is 2.35. The summed E-state index contributed by atoms with van der Waals surface area (Å²) in [5, 5.41) is 5.22. The Morgan fingerprint density at radius 3 is 2.22 bits per heavy atom. The molecule has 1 aromatic rings. The summed E-state index contributed by atoms with van der Waals surface area (Å²) in [4.78, 5) is 12.6. The molecular weight excluding hydrogens is 394 g/mol. The normalized spacial score (nSPS) is 23.0. The molecule has 0 radical (unpaired) electrons. The van der Waals surface area contributed by atoms with Crippen LogP contribution in [0.3, 0.4) is 0 Å². The number of hydrogen-bond donors (Lipinski definition) is 1. The smallest absolute Gasteiger partial charge is 0.331 e. The molecule has 1 fully saturated rings. The Morgan fingerprint density at radius 1 is 1.15 bits per heavy atom. The zero-order valence-electron chi connectivity index (χ0n) is 14.8. The predicted molar refractivity (Wildman–Crippen MR) is 97.0 cm³/mol. The van der Waals surface area contributed by atoms with Crippen molar-refractivity contribution in [1.29, 1.82) is 0 Å². The Kier molecular flexibility index (Phi) is 5.06. The third-order valence-electron chi connectivity index (χ3n) is 4.44. The quantitative estimate of drug-likeness (QED) is 0.658. The third kappa shape index (κ3) is 4.00. The van der Waals surface area contributed by atoms with Gasteiger partial charge in [0.15, 0.2) is 6.04 Å². The van der Waals surface area contributed by atoms with Crippen LogP contribution >= 0.6 is 0 Å². The monoisotopic (exact) mass is 415 g/mol. The van der Waals surface area contributed by atoms with E-state index in [2.05, 4.69) is 0 Å². The van der Waals surface area contributed by atoms with E-state index >= 15 is 0 Å². The van der Waals surface area contributed by atoms with Gasteiger partial charge in [-0.15, -0.1) is 0 Å². The Balaban J connectivity index is 1.91. The number of esters is 1. The van der Waals surface area contributed by atoms with Crippen LogP contribution in [-0.4, -0.2) is 57.7 Å². The molecule has 27 heavy (non-hydrogen) atoms. The van der Waals surface area contributed by atoms with Crippen molar-refractivity contribution in [2.75, 3.05) is 14.1 Å². The minimum Gasteiger partial charge on any atom is -0.461 e. The van der Waals surface area contributed by atoms with Gasteiger partial charge in [-0.2, -0.15) is 8.42 Å². The third-order valence-corrected chi connectivity index (χ3v) is 7.21. The van der Waals surface area contributed by atoms with Crippen molar-refractivity contribution in [1.82, 2.24) is 8.61 Å². The van der Waals surface area contributed by atoms with Crippen LogP contribution in [0.25, 0.3) is 0 Å². The fourth-order valence-electron chi connectivity index (χ4n) is 2.81. The zero-order valence-corrected chi connectivity index (χ0v) is 16.5. The van der Waals surface area contributed by atoms with E-state index in [1.54, 1.807) is 18.2 Å². The Hall–Kier alpha value is -1.95. The molecule has 1 heterocycles. The largest absolute Gasteiger partial charge is 0.461 e. The van der Waals surface area contributed by atoms with Gasteiger partial charge < -0.3 is 4.74 Å². The van der Waals surface area contributed by atoms with Gasteiger partial charge in [0.1, 0.15) is 6.10 Å². The first kappa shape index (κ1) is 19.8. The Bertz CT molecular complexity index is 966. The van der Waals surface area contributed by atoms with Crippen molar-refractivity contribution in [3.63, 3.8) is 0 Å². The summed E-state index contributed by atoms with van der Waals surface area (Å²) >= 11 is 0. The number of ether oxygens (including phenoxy) is 1. The Labute approximate surface area is 158 Å². The number of nitrogens with zero attached hydrogens (tertiary/aromatic N) is 2. The number of carbonyl (C=O) groups is 1. The summed E-state index contributed by atoms with van der Waals surface area (Å²) < 4.78 is 55.2. The molecule has 1 aliphatic carbocycles. The molecule has 3 rings (SSSR count). The minimum atomic E-state index is -4.15. The van der Waals surface area contributed by atoms with Crippen LogP contribution in [0.1, 0.15) is 24.3 Å². The lowest BCUT2D eigenvalue weighted by molar-refractivity contribution is -0.148. The molecule has 1 aliphatic heterocycles. The van der Waals surface area contributed by atoms with Gasteiger partial charge >= 0.3 is 5.97 Å². The van der Waals surface area contributed by atoms with Crippen molar-refractivity contribution in [2.24, 2.45) is 5.14 Å². The van der Waals surface area contributed by atoms with Crippen LogP contribution in [0.15, 0.2) is 41.4 Å². The maximum absolute atomic E-state index is 12.5. The van der Waals surface area contributed by atoms with Gasteiger partial charge in [-0.1, -0.05) is 18.2 Å². The van der Waals surface area contributed by atoms with Crippen LogP contribution in [-0.2, 0) is 29.8 Å². The number of rotatable bonds is 6. The van der Waals surface area contributed by atoms with Crippen LogP contribution in [0.5, 0.6) is 0 Å². The molecule has 0 aromatic heterocycles. The van der Waals surface area contributed by atoms with Gasteiger partial charge in [-0.05, 0) is 30.5 Å². The van der Waals surface area contributed by atoms with E-state index in [0.29, 0.717) is 5.56 Å². The minimum absolute atomic E-state index is 0.0960. The molecule has 0 saturated heterocycles. The first-order chi connectivity index (χ1) is 12.5. The standard InChI is InChI=1S/C16H21N3O6S2/c1-18(2)26(21,22)13-7-3-11(4-8-13)14-9-10-19(27(17,23)24)15(14)16(20)25-12-5-6-12/h3-4,7-10,12,14-15H,5-6H2,1-2H3,(H2,17,23,24). The van der Waals surface area contributed by atoms with Gasteiger partial charge in [-0.3, -0.25) is 4.31 Å². The van der Waals surface area contributed by atoms with Gasteiger partial charge in [0.2, 0.25) is 10.0 Å². The summed E-state index contributed by atoms with van der Waals surface area (Å²) in [6, 6.07) is 4.78. The maximum Gasteiger partial charge on any atom is 0.331 e. The van der Waals surface area contributed by atoms with Crippen LogP contribution in [0.2, 0.25) is 0 Å². The first-order valence-corrected chi connectivity index (χ1v) is 11.2. The molecule has 2 N–H and O–H groups in total. The van der Waals surface area contributed by atoms with Crippen LogP contribution in [0.4, 0.5) is 0 Å². The second-order valence-corrected chi connectivity index (χ2v) is 10.3. The van der Waals surface area contributed by atoms with E-state index in [-0.39, 0.29) is 11.0 Å². The van der Waals surface area contributed by atoms with E-state index < -0.39 is 38.2 Å². The predicted octanol–water partition coefficient (Wildman–Crippen LogP) is 0.128. The zero-order chi connectivity index (χ0) is 20.0. The number of benzene rings is 1. The van der Waals surface area contributed by atoms with E-state index in [1.807, 2.05) is 0 Å². The number of carbonyl (C=O) groups excluding carboxylic acids is 1. The number of sulfonamides is 1. The van der Waals surface area contributed by atoms with Crippen molar-refractivity contribution in [2.45, 2.75) is 35.8 Å². The second-order valence-electron chi connectivity index (χ2n) is 6.68. The molecule has 2 atom stereocenters. The fraction of sp³-hybridized carbons (Fsp3) is 0.438. The van der Waals surface area contributed by atoms with Gasteiger partial charge in [0.25, 0.3) is 10.2 Å². The molecule has 9 nitrogen and oxygen atoms in total. The maximum atomic E-state index is 12.5. The lowest BCUT2D eigenvalue weighted by atomic mass is 9.93. The number of nitrogens with two attached hydrogens (primary N) is 1. The van der Waals surface area contributed by atoms with Gasteiger partial charge in [0.05, 0.1) is 4.90 Å². The summed E-state index contributed by atoms with van der Waals surface area (Å²) in [6.45, 7) is 0. The lowest BCUT2D eigenvalue weighted by Gasteiger charge is -2.26. The second kappa shape index (κ2) is 6.89. The van der Waals surface area contributed by atoms with Crippen molar-refractivity contribution >= 4 is 26.2 Å². The fourth-order valence-corrected chi connectivity index (χ4v) is 4.49. The van der Waals surface area contributed by atoms with Crippen molar-refractivity contribution < 1.29 is 26.4 Å². The van der Waals surface area contributed by atoms with E-state index in [4.69, 9.17) is 9.88 Å². The molecule has 148 valence electrons. The lowest BCUT2D eigenvalue weighted by Crippen LogP contribution is -2.45. The topological polar surface area (TPSA) is 127 Å². The summed E-state index contributed by atoms with van der Waals surface area (Å²) in [5.41, 5.74) is 0.577. The highest BCUT2D eigenvalue weighted by atomic mass is 32.2. The molecular formula is C16H21N3O6S2. The molecule has 1 saturated carbocycles. The molecule has 1 aromatic carbocycles. The first-order valence-electron chi connectivity index (χ1n) is 8.24. The van der Waals surface area contributed by atoms with Crippen molar-refractivity contribution in [3.05, 3.63) is 42.1 Å². The molecule has 2 unspecified atom stereocenters. The molecule has 2 aliphatic rings. The van der Waals surface area contributed by atoms with Gasteiger partial charge in [-0.25, -0.2) is 22.7 Å². The molecule has 0 bridgehead atoms. The Morgan fingerprint density at radius 2 is 1.74 bits per heavy atom. The van der Waals surface area contributed by atoms with E-state index in [1.165, 1.54) is 32.4 Å². The average Bonchev–Trinajstić information content (AvgIpc) is 3.26.